The molecule has 2 heterocycles. The zero-order valence-electron chi connectivity index (χ0n) is 16.9. The zero-order chi connectivity index (χ0) is 19.1. The van der Waals surface area contributed by atoms with Crippen LogP contribution in [0.4, 0.5) is 0 Å². The summed E-state index contributed by atoms with van der Waals surface area (Å²) in [7, 11) is 0. The molecule has 150 valence electrons. The molecule has 0 radical (unpaired) electrons. The van der Waals surface area contributed by atoms with Crippen LogP contribution in [0.5, 0.6) is 5.75 Å². The molecule has 0 spiro atoms. The third kappa shape index (κ3) is 5.69. The molecule has 5 nitrogen and oxygen atoms in total. The highest BCUT2D eigenvalue weighted by Gasteiger charge is 2.23. The van der Waals surface area contributed by atoms with E-state index in [0.717, 1.165) is 82.3 Å². The number of piperidine rings is 1. The number of ether oxygens (including phenoxy) is 2. The van der Waals surface area contributed by atoms with Crippen LogP contribution in [0.2, 0.25) is 0 Å². The molecular weight excluding hydrogens is 340 g/mol. The summed E-state index contributed by atoms with van der Waals surface area (Å²) >= 11 is 0. The Balaban J connectivity index is 1.57. The van der Waals surface area contributed by atoms with E-state index in [4.69, 9.17) is 9.47 Å². The summed E-state index contributed by atoms with van der Waals surface area (Å²) in [6, 6.07) is 8.70. The van der Waals surface area contributed by atoms with Gasteiger partial charge in [0.1, 0.15) is 5.75 Å². The van der Waals surface area contributed by atoms with Crippen LogP contribution in [-0.4, -0.2) is 61.2 Å². The standard InChI is InChI=1S/C22H34N2O3/c1-3-23(20-10-14-26-15-11-20)16-19-6-4-5-7-21(19)27-17-22(25)24-12-8-18(2)9-13-24/h4-7,18,20H,3,8-17H2,1-2H3. The van der Waals surface area contributed by atoms with E-state index in [-0.39, 0.29) is 12.5 Å². The summed E-state index contributed by atoms with van der Waals surface area (Å²) in [6.07, 6.45) is 4.36. The first-order chi connectivity index (χ1) is 13.2. The first-order valence-corrected chi connectivity index (χ1v) is 10.5. The van der Waals surface area contributed by atoms with Crippen LogP contribution in [0.1, 0.15) is 45.1 Å². The van der Waals surface area contributed by atoms with Crippen LogP contribution in [0.25, 0.3) is 0 Å². The molecule has 27 heavy (non-hydrogen) atoms. The summed E-state index contributed by atoms with van der Waals surface area (Å²) in [5, 5.41) is 0. The number of para-hydroxylation sites is 1. The van der Waals surface area contributed by atoms with Crippen molar-refractivity contribution < 1.29 is 14.3 Å². The number of carbonyl (C=O) groups excluding carboxylic acids is 1. The van der Waals surface area contributed by atoms with Gasteiger partial charge in [-0.1, -0.05) is 32.0 Å². The highest BCUT2D eigenvalue weighted by Crippen LogP contribution is 2.24. The SMILES string of the molecule is CCN(Cc1ccccc1OCC(=O)N1CCC(C)CC1)C1CCOCC1. The first-order valence-electron chi connectivity index (χ1n) is 10.5. The van der Waals surface area contributed by atoms with Crippen molar-refractivity contribution in [2.45, 2.75) is 52.1 Å². The lowest BCUT2D eigenvalue weighted by Gasteiger charge is -2.34. The van der Waals surface area contributed by atoms with Gasteiger partial charge in [-0.25, -0.2) is 0 Å². The van der Waals surface area contributed by atoms with Crippen LogP contribution in [0.3, 0.4) is 0 Å². The maximum atomic E-state index is 12.5. The number of nitrogens with zero attached hydrogens (tertiary/aromatic N) is 2. The largest absolute Gasteiger partial charge is 0.483 e. The average Bonchev–Trinajstić information content (AvgIpc) is 2.72. The summed E-state index contributed by atoms with van der Waals surface area (Å²) < 4.78 is 11.5. The van der Waals surface area contributed by atoms with Gasteiger partial charge in [0.25, 0.3) is 5.91 Å². The Bertz CT molecular complexity index is 593. The van der Waals surface area contributed by atoms with E-state index in [1.165, 1.54) is 0 Å². The smallest absolute Gasteiger partial charge is 0.260 e. The van der Waals surface area contributed by atoms with Crippen LogP contribution < -0.4 is 4.74 Å². The van der Waals surface area contributed by atoms with E-state index in [1.54, 1.807) is 0 Å². The fourth-order valence-electron chi connectivity index (χ4n) is 4.03. The van der Waals surface area contributed by atoms with E-state index < -0.39 is 0 Å². The number of hydrogen-bond donors (Lipinski definition) is 0. The third-order valence-electron chi connectivity index (χ3n) is 5.95. The van der Waals surface area contributed by atoms with Gasteiger partial charge in [0.2, 0.25) is 0 Å². The van der Waals surface area contributed by atoms with Gasteiger partial charge in [0.15, 0.2) is 6.61 Å². The lowest BCUT2D eigenvalue weighted by molar-refractivity contribution is -0.134. The van der Waals surface area contributed by atoms with Gasteiger partial charge in [0, 0.05) is 44.5 Å². The molecule has 0 unspecified atom stereocenters. The Morgan fingerprint density at radius 2 is 1.89 bits per heavy atom. The summed E-state index contributed by atoms with van der Waals surface area (Å²) in [6.45, 7) is 9.87. The van der Waals surface area contributed by atoms with Crippen molar-refractivity contribution >= 4 is 5.91 Å². The van der Waals surface area contributed by atoms with Gasteiger partial charge in [-0.15, -0.1) is 0 Å². The minimum atomic E-state index is 0.105. The fraction of sp³-hybridized carbons (Fsp3) is 0.682. The van der Waals surface area contributed by atoms with E-state index >= 15 is 0 Å². The molecule has 5 heteroatoms. The van der Waals surface area contributed by atoms with Crippen molar-refractivity contribution in [3.63, 3.8) is 0 Å². The Labute approximate surface area is 163 Å². The number of benzene rings is 1. The van der Waals surface area contributed by atoms with Crippen LogP contribution >= 0.6 is 0 Å². The fourth-order valence-corrected chi connectivity index (χ4v) is 4.03. The molecular formula is C22H34N2O3. The molecule has 3 rings (SSSR count). The van der Waals surface area contributed by atoms with Crippen molar-refractivity contribution in [1.29, 1.82) is 0 Å². The summed E-state index contributed by atoms with van der Waals surface area (Å²) in [5.74, 6) is 1.66. The average molecular weight is 375 g/mol. The van der Waals surface area contributed by atoms with Gasteiger partial charge < -0.3 is 14.4 Å². The molecule has 2 fully saturated rings. The summed E-state index contributed by atoms with van der Waals surface area (Å²) in [4.78, 5) is 16.9. The monoisotopic (exact) mass is 374 g/mol. The lowest BCUT2D eigenvalue weighted by Crippen LogP contribution is -2.40. The Morgan fingerprint density at radius 3 is 2.59 bits per heavy atom. The van der Waals surface area contributed by atoms with Crippen molar-refractivity contribution in [3.05, 3.63) is 29.8 Å². The number of hydrogen-bond acceptors (Lipinski definition) is 4. The maximum Gasteiger partial charge on any atom is 0.260 e. The third-order valence-corrected chi connectivity index (χ3v) is 5.95. The van der Waals surface area contributed by atoms with Crippen LogP contribution in [0, 0.1) is 5.92 Å². The first kappa shape index (κ1) is 20.2. The maximum absolute atomic E-state index is 12.5. The molecule has 0 bridgehead atoms. The van der Waals surface area contributed by atoms with Gasteiger partial charge in [-0.3, -0.25) is 9.69 Å². The number of amides is 1. The normalized spacial score (nSPS) is 19.4. The molecule has 1 amide bonds. The lowest BCUT2D eigenvalue weighted by atomic mass is 9.99. The van der Waals surface area contributed by atoms with Crippen molar-refractivity contribution in [2.24, 2.45) is 5.92 Å². The highest BCUT2D eigenvalue weighted by atomic mass is 16.5. The molecule has 1 aromatic rings. The van der Waals surface area contributed by atoms with Gasteiger partial charge in [-0.2, -0.15) is 0 Å². The minimum absolute atomic E-state index is 0.105. The molecule has 0 aliphatic carbocycles. The molecule has 2 aliphatic heterocycles. The highest BCUT2D eigenvalue weighted by molar-refractivity contribution is 5.77. The van der Waals surface area contributed by atoms with Gasteiger partial charge in [0.05, 0.1) is 0 Å². The van der Waals surface area contributed by atoms with Crippen molar-refractivity contribution in [2.75, 3.05) is 39.5 Å². The molecule has 2 saturated heterocycles. The molecule has 0 atom stereocenters. The Hall–Kier alpha value is -1.59. The van der Waals surface area contributed by atoms with Crippen molar-refractivity contribution in [1.82, 2.24) is 9.80 Å². The quantitative estimate of drug-likeness (QED) is 0.734. The number of rotatable bonds is 7. The van der Waals surface area contributed by atoms with E-state index in [1.807, 2.05) is 23.1 Å². The molecule has 1 aromatic carbocycles. The van der Waals surface area contributed by atoms with Crippen molar-refractivity contribution in [3.8, 4) is 5.75 Å². The van der Waals surface area contributed by atoms with Crippen LogP contribution in [-0.2, 0) is 16.1 Å². The van der Waals surface area contributed by atoms with E-state index in [0.29, 0.717) is 6.04 Å². The topological polar surface area (TPSA) is 42.0 Å². The predicted octanol–water partition coefficient (Wildman–Crippen LogP) is 3.32. The van der Waals surface area contributed by atoms with E-state index in [9.17, 15) is 4.79 Å². The molecule has 0 aromatic heterocycles. The summed E-state index contributed by atoms with van der Waals surface area (Å²) in [5.41, 5.74) is 1.16. The zero-order valence-corrected chi connectivity index (χ0v) is 16.9. The predicted molar refractivity (Wildman–Crippen MR) is 107 cm³/mol. The molecule has 2 aliphatic rings. The second kappa shape index (κ2) is 10.1. The second-order valence-electron chi connectivity index (χ2n) is 7.87. The molecule has 0 N–H and O–H groups in total. The van der Waals surface area contributed by atoms with Gasteiger partial charge >= 0.3 is 0 Å². The van der Waals surface area contributed by atoms with Crippen LogP contribution in [0.15, 0.2) is 24.3 Å². The Morgan fingerprint density at radius 1 is 1.19 bits per heavy atom. The Kier molecular flexibility index (Phi) is 7.53. The van der Waals surface area contributed by atoms with Gasteiger partial charge in [-0.05, 0) is 44.2 Å². The second-order valence-corrected chi connectivity index (χ2v) is 7.87. The number of carbonyl (C=O) groups is 1. The van der Waals surface area contributed by atoms with E-state index in [2.05, 4.69) is 24.8 Å². The minimum Gasteiger partial charge on any atom is -0.483 e. The number of likely N-dealkylation sites (tertiary alicyclic amines) is 1. The molecule has 0 saturated carbocycles.